The summed E-state index contributed by atoms with van der Waals surface area (Å²) in [6.07, 6.45) is 3.09. The highest BCUT2D eigenvalue weighted by Gasteiger charge is 2.23. The zero-order chi connectivity index (χ0) is 17.5. The molecule has 1 amide bonds. The zero-order valence-electron chi connectivity index (χ0n) is 13.7. The van der Waals surface area contributed by atoms with Crippen molar-refractivity contribution < 1.29 is 23.5 Å². The van der Waals surface area contributed by atoms with Crippen molar-refractivity contribution in [3.8, 4) is 0 Å². The summed E-state index contributed by atoms with van der Waals surface area (Å²) in [4.78, 5) is 35.6. The van der Waals surface area contributed by atoms with E-state index in [9.17, 15) is 18.8 Å². The first-order valence-corrected chi connectivity index (χ1v) is 8.24. The maximum atomic E-state index is 12.8. The number of nitrogens with one attached hydrogen (secondary N) is 1. The predicted molar refractivity (Wildman–Crippen MR) is 85.9 cm³/mol. The van der Waals surface area contributed by atoms with Crippen LogP contribution in [0.3, 0.4) is 0 Å². The van der Waals surface area contributed by atoms with Gasteiger partial charge in [-0.25, -0.2) is 4.39 Å². The highest BCUT2D eigenvalue weighted by Crippen LogP contribution is 2.17. The van der Waals surface area contributed by atoms with Gasteiger partial charge in [-0.1, -0.05) is 12.8 Å². The smallest absolute Gasteiger partial charge is 0.307 e. The van der Waals surface area contributed by atoms with Crippen LogP contribution in [-0.2, 0) is 14.3 Å². The fourth-order valence-corrected chi connectivity index (χ4v) is 2.69. The third-order valence-electron chi connectivity index (χ3n) is 4.10. The maximum absolute atomic E-state index is 12.8. The zero-order valence-corrected chi connectivity index (χ0v) is 13.7. The van der Waals surface area contributed by atoms with E-state index in [4.69, 9.17) is 4.74 Å². The van der Waals surface area contributed by atoms with Crippen molar-refractivity contribution >= 4 is 17.7 Å². The first kappa shape index (κ1) is 18.1. The molecule has 0 unspecified atom stereocenters. The van der Waals surface area contributed by atoms with Gasteiger partial charge in [-0.15, -0.1) is 0 Å². The van der Waals surface area contributed by atoms with Crippen molar-refractivity contribution in [2.24, 2.45) is 0 Å². The molecule has 0 aliphatic heterocycles. The molecule has 1 aliphatic carbocycles. The number of carbonyl (C=O) groups excluding carboxylic acids is 3. The first-order valence-electron chi connectivity index (χ1n) is 8.24. The van der Waals surface area contributed by atoms with Gasteiger partial charge in [0.25, 0.3) is 5.91 Å². The van der Waals surface area contributed by atoms with Crippen LogP contribution >= 0.6 is 0 Å². The first-order chi connectivity index (χ1) is 11.5. The van der Waals surface area contributed by atoms with Crippen molar-refractivity contribution in [2.75, 3.05) is 0 Å². The Morgan fingerprint density at radius 1 is 1.17 bits per heavy atom. The third kappa shape index (κ3) is 5.44. The Morgan fingerprint density at radius 3 is 2.42 bits per heavy atom. The standard InChI is InChI=1S/C18H22FNO4/c1-12(18(23)20-15-4-2-3-5-15)24-17(22)11-10-16(21)13-6-8-14(19)9-7-13/h6-9,12,15H,2-5,10-11H2,1H3,(H,20,23)/t12-/m0/s1. The molecule has 0 radical (unpaired) electrons. The Labute approximate surface area is 140 Å². The van der Waals surface area contributed by atoms with E-state index in [1.807, 2.05) is 0 Å². The molecule has 1 atom stereocenters. The van der Waals surface area contributed by atoms with Gasteiger partial charge in [-0.3, -0.25) is 14.4 Å². The van der Waals surface area contributed by atoms with Crippen LogP contribution in [0.1, 0.15) is 55.8 Å². The van der Waals surface area contributed by atoms with E-state index in [1.165, 1.54) is 31.2 Å². The van der Waals surface area contributed by atoms with Gasteiger partial charge < -0.3 is 10.1 Å². The van der Waals surface area contributed by atoms with Crippen molar-refractivity contribution in [3.05, 3.63) is 35.6 Å². The van der Waals surface area contributed by atoms with Crippen LogP contribution in [0.4, 0.5) is 4.39 Å². The molecule has 24 heavy (non-hydrogen) atoms. The summed E-state index contributed by atoms with van der Waals surface area (Å²) < 4.78 is 17.9. The molecule has 6 heteroatoms. The van der Waals surface area contributed by atoms with E-state index in [-0.39, 0.29) is 30.6 Å². The molecule has 1 aromatic carbocycles. The minimum absolute atomic E-state index is 0.0402. The van der Waals surface area contributed by atoms with Crippen LogP contribution in [-0.4, -0.2) is 29.8 Å². The fourth-order valence-electron chi connectivity index (χ4n) is 2.69. The van der Waals surface area contributed by atoms with Gasteiger partial charge in [0.15, 0.2) is 11.9 Å². The predicted octanol–water partition coefficient (Wildman–Crippen LogP) is 2.78. The molecule has 1 aliphatic rings. The number of rotatable bonds is 7. The largest absolute Gasteiger partial charge is 0.453 e. The lowest BCUT2D eigenvalue weighted by Gasteiger charge is -2.17. The number of hydrogen-bond donors (Lipinski definition) is 1. The van der Waals surface area contributed by atoms with Gasteiger partial charge >= 0.3 is 5.97 Å². The van der Waals surface area contributed by atoms with Crippen LogP contribution in [0.25, 0.3) is 0 Å². The average Bonchev–Trinajstić information content (AvgIpc) is 3.06. The van der Waals surface area contributed by atoms with Gasteiger partial charge in [-0.05, 0) is 44.0 Å². The van der Waals surface area contributed by atoms with Gasteiger partial charge in [0.2, 0.25) is 0 Å². The highest BCUT2D eigenvalue weighted by molar-refractivity contribution is 5.97. The minimum atomic E-state index is -0.876. The number of ketones is 1. The lowest BCUT2D eigenvalue weighted by molar-refractivity contribution is -0.155. The SMILES string of the molecule is C[C@H](OC(=O)CCC(=O)c1ccc(F)cc1)C(=O)NC1CCCC1. The van der Waals surface area contributed by atoms with Crippen molar-refractivity contribution in [3.63, 3.8) is 0 Å². The molecule has 0 bridgehead atoms. The highest BCUT2D eigenvalue weighted by atomic mass is 19.1. The number of benzene rings is 1. The number of esters is 1. The van der Waals surface area contributed by atoms with E-state index in [2.05, 4.69) is 5.32 Å². The van der Waals surface area contributed by atoms with Crippen LogP contribution in [0.2, 0.25) is 0 Å². The van der Waals surface area contributed by atoms with Gasteiger partial charge in [0, 0.05) is 18.0 Å². The Bertz CT molecular complexity index is 594. The van der Waals surface area contributed by atoms with Gasteiger partial charge in [-0.2, -0.15) is 0 Å². The number of halogens is 1. The van der Waals surface area contributed by atoms with Crippen LogP contribution in [0.5, 0.6) is 0 Å². The Hall–Kier alpha value is -2.24. The van der Waals surface area contributed by atoms with Crippen molar-refractivity contribution in [1.29, 1.82) is 0 Å². The van der Waals surface area contributed by atoms with Gasteiger partial charge in [0.05, 0.1) is 6.42 Å². The van der Waals surface area contributed by atoms with E-state index in [0.717, 1.165) is 25.7 Å². The lowest BCUT2D eigenvalue weighted by Crippen LogP contribution is -2.40. The number of hydrogen-bond acceptors (Lipinski definition) is 4. The molecule has 130 valence electrons. The third-order valence-corrected chi connectivity index (χ3v) is 4.10. The average molecular weight is 335 g/mol. The molecule has 0 heterocycles. The summed E-state index contributed by atoms with van der Waals surface area (Å²) >= 11 is 0. The summed E-state index contributed by atoms with van der Waals surface area (Å²) in [6, 6.07) is 5.31. The molecule has 0 saturated heterocycles. The lowest BCUT2D eigenvalue weighted by atomic mass is 10.1. The number of amides is 1. The molecule has 1 fully saturated rings. The molecular weight excluding hydrogens is 313 g/mol. The molecule has 0 spiro atoms. The second kappa shape index (κ2) is 8.57. The Kier molecular flexibility index (Phi) is 6.46. The van der Waals surface area contributed by atoms with Crippen LogP contribution in [0.15, 0.2) is 24.3 Å². The Balaban J connectivity index is 1.72. The van der Waals surface area contributed by atoms with Crippen LogP contribution < -0.4 is 5.32 Å². The second-order valence-electron chi connectivity index (χ2n) is 6.05. The second-order valence-corrected chi connectivity index (χ2v) is 6.05. The quantitative estimate of drug-likeness (QED) is 0.614. The summed E-state index contributed by atoms with van der Waals surface area (Å²) in [5.74, 6) is -1.59. The molecule has 2 rings (SSSR count). The van der Waals surface area contributed by atoms with E-state index in [0.29, 0.717) is 5.56 Å². The summed E-state index contributed by atoms with van der Waals surface area (Å²) in [6.45, 7) is 1.52. The summed E-state index contributed by atoms with van der Waals surface area (Å²) in [5, 5.41) is 2.86. The topological polar surface area (TPSA) is 72.5 Å². The Morgan fingerprint density at radius 2 is 1.79 bits per heavy atom. The van der Waals surface area contributed by atoms with Crippen molar-refractivity contribution in [1.82, 2.24) is 5.32 Å². The van der Waals surface area contributed by atoms with Gasteiger partial charge in [0.1, 0.15) is 5.82 Å². The molecule has 0 aromatic heterocycles. The van der Waals surface area contributed by atoms with E-state index in [1.54, 1.807) is 0 Å². The molecule has 5 nitrogen and oxygen atoms in total. The van der Waals surface area contributed by atoms with Crippen LogP contribution in [0, 0.1) is 5.82 Å². The molecule has 1 aromatic rings. The number of ether oxygens (including phenoxy) is 1. The molecule has 1 N–H and O–H groups in total. The number of Topliss-reactive ketones (excluding diaryl/α,β-unsaturated/α-hetero) is 1. The summed E-state index contributed by atoms with van der Waals surface area (Å²) in [7, 11) is 0. The fraction of sp³-hybridized carbons (Fsp3) is 0.500. The minimum Gasteiger partial charge on any atom is -0.453 e. The molecule has 1 saturated carbocycles. The van der Waals surface area contributed by atoms with Crippen molar-refractivity contribution in [2.45, 2.75) is 57.6 Å². The van der Waals surface area contributed by atoms with E-state index < -0.39 is 17.9 Å². The summed E-state index contributed by atoms with van der Waals surface area (Å²) in [5.41, 5.74) is 0.344. The monoisotopic (exact) mass is 335 g/mol. The normalized spacial score (nSPS) is 15.8. The van der Waals surface area contributed by atoms with E-state index >= 15 is 0 Å². The maximum Gasteiger partial charge on any atom is 0.307 e. The molecular formula is C18H22FNO4. The number of carbonyl (C=O) groups is 3.